The summed E-state index contributed by atoms with van der Waals surface area (Å²) in [4.78, 5) is 12.1. The van der Waals surface area contributed by atoms with E-state index in [0.29, 0.717) is 31.0 Å². The maximum atomic E-state index is 12.1. The van der Waals surface area contributed by atoms with Crippen molar-refractivity contribution in [1.29, 1.82) is 0 Å². The fraction of sp³-hybridized carbons (Fsp3) is 0.611. The molecule has 2 fully saturated rings. The SMILES string of the molecule is COc1cccc(CCNC(=O)CC2CC3CCC(C2)N3)c1. The van der Waals surface area contributed by atoms with E-state index in [1.165, 1.54) is 31.2 Å². The molecule has 22 heavy (non-hydrogen) atoms. The van der Waals surface area contributed by atoms with Gasteiger partial charge in [-0.1, -0.05) is 12.1 Å². The maximum absolute atomic E-state index is 12.1. The number of amides is 1. The van der Waals surface area contributed by atoms with Gasteiger partial charge in [0.15, 0.2) is 0 Å². The molecule has 0 aromatic heterocycles. The number of hydrogen-bond acceptors (Lipinski definition) is 3. The average Bonchev–Trinajstić information content (AvgIpc) is 2.86. The molecule has 2 aliphatic heterocycles. The van der Waals surface area contributed by atoms with E-state index in [1.807, 2.05) is 18.2 Å². The molecule has 0 spiro atoms. The Balaban J connectivity index is 1.39. The second kappa shape index (κ2) is 7.14. The van der Waals surface area contributed by atoms with Gasteiger partial charge in [-0.05, 0) is 55.7 Å². The van der Waals surface area contributed by atoms with Gasteiger partial charge in [0.05, 0.1) is 7.11 Å². The summed E-state index contributed by atoms with van der Waals surface area (Å²) in [6.07, 6.45) is 6.45. The molecule has 0 aliphatic carbocycles. The van der Waals surface area contributed by atoms with Crippen molar-refractivity contribution in [2.75, 3.05) is 13.7 Å². The molecule has 1 aromatic carbocycles. The third kappa shape index (κ3) is 4.01. The molecule has 0 saturated carbocycles. The van der Waals surface area contributed by atoms with Crippen molar-refractivity contribution in [1.82, 2.24) is 10.6 Å². The lowest BCUT2D eigenvalue weighted by molar-refractivity contribution is -0.122. The van der Waals surface area contributed by atoms with Gasteiger partial charge in [0, 0.05) is 25.0 Å². The van der Waals surface area contributed by atoms with Crippen LogP contribution >= 0.6 is 0 Å². The number of benzene rings is 1. The van der Waals surface area contributed by atoms with Crippen LogP contribution in [0, 0.1) is 5.92 Å². The quantitative estimate of drug-likeness (QED) is 0.847. The highest BCUT2D eigenvalue weighted by Crippen LogP contribution is 2.32. The van der Waals surface area contributed by atoms with Crippen LogP contribution in [0.3, 0.4) is 0 Å². The second-order valence-electron chi connectivity index (χ2n) is 6.63. The van der Waals surface area contributed by atoms with Gasteiger partial charge in [-0.25, -0.2) is 0 Å². The minimum Gasteiger partial charge on any atom is -0.497 e. The largest absolute Gasteiger partial charge is 0.497 e. The first-order chi connectivity index (χ1) is 10.7. The fourth-order valence-corrected chi connectivity index (χ4v) is 3.85. The third-order valence-electron chi connectivity index (χ3n) is 4.91. The summed E-state index contributed by atoms with van der Waals surface area (Å²) in [6.45, 7) is 0.698. The highest BCUT2D eigenvalue weighted by molar-refractivity contribution is 5.76. The number of carbonyl (C=O) groups excluding carboxylic acids is 1. The minimum atomic E-state index is 0.203. The lowest BCUT2D eigenvalue weighted by atomic mass is 9.89. The van der Waals surface area contributed by atoms with Crippen LogP contribution in [0.4, 0.5) is 0 Å². The average molecular weight is 302 g/mol. The summed E-state index contributed by atoms with van der Waals surface area (Å²) >= 11 is 0. The normalized spacial score (nSPS) is 26.7. The predicted molar refractivity (Wildman–Crippen MR) is 87.0 cm³/mol. The van der Waals surface area contributed by atoms with Crippen molar-refractivity contribution in [3.8, 4) is 5.75 Å². The zero-order chi connectivity index (χ0) is 15.4. The van der Waals surface area contributed by atoms with E-state index in [9.17, 15) is 4.79 Å². The molecule has 4 heteroatoms. The Morgan fingerprint density at radius 2 is 2.09 bits per heavy atom. The summed E-state index contributed by atoms with van der Waals surface area (Å²) in [6, 6.07) is 9.34. The number of ether oxygens (including phenoxy) is 1. The van der Waals surface area contributed by atoms with Crippen molar-refractivity contribution < 1.29 is 9.53 Å². The number of methoxy groups -OCH3 is 1. The van der Waals surface area contributed by atoms with Crippen molar-refractivity contribution in [3.05, 3.63) is 29.8 Å². The van der Waals surface area contributed by atoms with Crippen LogP contribution < -0.4 is 15.4 Å². The van der Waals surface area contributed by atoms with Gasteiger partial charge >= 0.3 is 0 Å². The first-order valence-electron chi connectivity index (χ1n) is 8.38. The Hall–Kier alpha value is -1.55. The Morgan fingerprint density at radius 3 is 2.82 bits per heavy atom. The number of fused-ring (bicyclic) bond motifs is 2. The second-order valence-corrected chi connectivity index (χ2v) is 6.63. The zero-order valence-corrected chi connectivity index (χ0v) is 13.3. The molecule has 0 radical (unpaired) electrons. The predicted octanol–water partition coefficient (Wildman–Crippen LogP) is 2.27. The van der Waals surface area contributed by atoms with Gasteiger partial charge in [-0.15, -0.1) is 0 Å². The van der Waals surface area contributed by atoms with E-state index in [2.05, 4.69) is 16.7 Å². The number of carbonyl (C=O) groups is 1. The fourth-order valence-electron chi connectivity index (χ4n) is 3.85. The van der Waals surface area contributed by atoms with Crippen molar-refractivity contribution in [2.45, 2.75) is 50.6 Å². The molecule has 4 nitrogen and oxygen atoms in total. The molecule has 2 heterocycles. The Bertz CT molecular complexity index is 506. The molecule has 2 aliphatic rings. The smallest absolute Gasteiger partial charge is 0.220 e. The van der Waals surface area contributed by atoms with Crippen molar-refractivity contribution >= 4 is 5.91 Å². The van der Waals surface area contributed by atoms with E-state index < -0.39 is 0 Å². The van der Waals surface area contributed by atoms with Gasteiger partial charge in [0.1, 0.15) is 5.75 Å². The van der Waals surface area contributed by atoms with Crippen molar-refractivity contribution in [2.24, 2.45) is 5.92 Å². The van der Waals surface area contributed by atoms with Crippen molar-refractivity contribution in [3.63, 3.8) is 0 Å². The summed E-state index contributed by atoms with van der Waals surface area (Å²) in [7, 11) is 1.67. The number of piperidine rings is 1. The van der Waals surface area contributed by atoms with E-state index in [4.69, 9.17) is 4.74 Å². The number of hydrogen-bond donors (Lipinski definition) is 2. The summed E-state index contributed by atoms with van der Waals surface area (Å²) < 4.78 is 5.22. The summed E-state index contributed by atoms with van der Waals surface area (Å²) in [5.41, 5.74) is 1.19. The molecule has 2 unspecified atom stereocenters. The Morgan fingerprint density at radius 1 is 1.32 bits per heavy atom. The summed E-state index contributed by atoms with van der Waals surface area (Å²) in [5.74, 6) is 1.64. The van der Waals surface area contributed by atoms with Gasteiger partial charge in [0.2, 0.25) is 5.91 Å². The number of rotatable bonds is 6. The monoisotopic (exact) mass is 302 g/mol. The molecule has 2 bridgehead atoms. The summed E-state index contributed by atoms with van der Waals surface area (Å²) in [5, 5.41) is 6.69. The molecule has 120 valence electrons. The maximum Gasteiger partial charge on any atom is 0.220 e. The molecule has 3 rings (SSSR count). The van der Waals surface area contributed by atoms with Crippen LogP contribution in [0.15, 0.2) is 24.3 Å². The van der Waals surface area contributed by atoms with Crippen LogP contribution in [0.1, 0.15) is 37.7 Å². The van der Waals surface area contributed by atoms with E-state index >= 15 is 0 Å². The first kappa shape index (κ1) is 15.3. The lowest BCUT2D eigenvalue weighted by Gasteiger charge is -2.28. The van der Waals surface area contributed by atoms with Crippen LogP contribution in [0.2, 0.25) is 0 Å². The van der Waals surface area contributed by atoms with E-state index in [0.717, 1.165) is 12.2 Å². The Labute approximate surface area is 132 Å². The van der Waals surface area contributed by atoms with Gasteiger partial charge in [-0.2, -0.15) is 0 Å². The molecular weight excluding hydrogens is 276 g/mol. The third-order valence-corrected chi connectivity index (χ3v) is 4.91. The van der Waals surface area contributed by atoms with E-state index in [-0.39, 0.29) is 5.91 Å². The minimum absolute atomic E-state index is 0.203. The Kier molecular flexibility index (Phi) is 4.98. The highest BCUT2D eigenvalue weighted by Gasteiger charge is 2.33. The molecule has 1 amide bonds. The molecular formula is C18H26N2O2. The van der Waals surface area contributed by atoms with Crippen LogP contribution in [-0.2, 0) is 11.2 Å². The van der Waals surface area contributed by atoms with E-state index in [1.54, 1.807) is 7.11 Å². The van der Waals surface area contributed by atoms with Gasteiger partial charge < -0.3 is 15.4 Å². The first-order valence-corrected chi connectivity index (χ1v) is 8.38. The standard InChI is InChI=1S/C18H26N2O2/c1-22-17-4-2-3-13(11-17)7-8-19-18(21)12-14-9-15-5-6-16(10-14)20-15/h2-4,11,14-16,20H,5-10,12H2,1H3,(H,19,21). The van der Waals surface area contributed by atoms with Gasteiger partial charge in [-0.3, -0.25) is 4.79 Å². The zero-order valence-electron chi connectivity index (χ0n) is 13.3. The topological polar surface area (TPSA) is 50.4 Å². The molecule has 2 atom stereocenters. The molecule has 2 N–H and O–H groups in total. The lowest BCUT2D eigenvalue weighted by Crippen LogP contribution is -2.39. The van der Waals surface area contributed by atoms with Crippen LogP contribution in [0.25, 0.3) is 0 Å². The van der Waals surface area contributed by atoms with Crippen LogP contribution in [0.5, 0.6) is 5.75 Å². The van der Waals surface area contributed by atoms with Gasteiger partial charge in [0.25, 0.3) is 0 Å². The number of nitrogens with one attached hydrogen (secondary N) is 2. The molecule has 1 aromatic rings. The molecule has 2 saturated heterocycles. The highest BCUT2D eigenvalue weighted by atomic mass is 16.5. The van der Waals surface area contributed by atoms with Crippen LogP contribution in [-0.4, -0.2) is 31.6 Å².